The van der Waals surface area contributed by atoms with Gasteiger partial charge in [-0.15, -0.1) is 0 Å². The van der Waals surface area contributed by atoms with Crippen molar-refractivity contribution in [1.29, 1.82) is 0 Å². The van der Waals surface area contributed by atoms with Gasteiger partial charge in [-0.05, 0) is 37.4 Å². The highest BCUT2D eigenvalue weighted by Gasteiger charge is 2.23. The predicted molar refractivity (Wildman–Crippen MR) is 121 cm³/mol. The summed E-state index contributed by atoms with van der Waals surface area (Å²) in [5.74, 6) is 0.875. The van der Waals surface area contributed by atoms with Gasteiger partial charge >= 0.3 is 0 Å². The maximum absolute atomic E-state index is 13.1. The van der Waals surface area contributed by atoms with Gasteiger partial charge in [-0.1, -0.05) is 12.1 Å². The molecule has 166 valence electrons. The number of ketones is 1. The average molecular weight is 443 g/mol. The maximum Gasteiger partial charge on any atom is 0.232 e. The van der Waals surface area contributed by atoms with Crippen molar-refractivity contribution in [2.24, 2.45) is 5.92 Å². The van der Waals surface area contributed by atoms with Crippen LogP contribution in [0.1, 0.15) is 16.2 Å². The van der Waals surface area contributed by atoms with Crippen molar-refractivity contribution in [3.63, 3.8) is 0 Å². The number of carbonyl (C=O) groups is 1. The van der Waals surface area contributed by atoms with Gasteiger partial charge in [0.2, 0.25) is 5.88 Å². The first-order chi connectivity index (χ1) is 16.0. The predicted octanol–water partition coefficient (Wildman–Crippen LogP) is 3.59. The third-order valence-corrected chi connectivity index (χ3v) is 5.63. The third-order valence-electron chi connectivity index (χ3n) is 5.63. The van der Waals surface area contributed by atoms with Crippen LogP contribution < -0.4 is 4.74 Å². The van der Waals surface area contributed by atoms with Gasteiger partial charge in [-0.3, -0.25) is 9.78 Å². The molecule has 0 amide bonds. The number of aromatic nitrogens is 4. The molecule has 7 nitrogen and oxygen atoms in total. The Hall–Kier alpha value is -3.78. The minimum absolute atomic E-state index is 0.0330. The van der Waals surface area contributed by atoms with Gasteiger partial charge in [0.25, 0.3) is 0 Å². The Kier molecular flexibility index (Phi) is 5.75. The molecule has 1 aliphatic rings. The van der Waals surface area contributed by atoms with E-state index in [4.69, 9.17) is 4.74 Å². The molecule has 0 atom stereocenters. The van der Waals surface area contributed by atoms with E-state index in [0.29, 0.717) is 41.0 Å². The fraction of sp³-hybridized carbons (Fsp3) is 0.240. The zero-order valence-electron chi connectivity index (χ0n) is 18.1. The average Bonchev–Trinajstić information content (AvgIpc) is 2.81. The molecule has 8 heteroatoms. The number of Topliss-reactive ketones (excluding diaryl/α,β-unsaturated/α-hetero) is 1. The van der Waals surface area contributed by atoms with Crippen molar-refractivity contribution in [2.75, 3.05) is 26.7 Å². The van der Waals surface area contributed by atoms with Crippen molar-refractivity contribution < 1.29 is 13.9 Å². The normalized spacial score (nSPS) is 14.2. The largest absolute Gasteiger partial charge is 0.476 e. The molecule has 0 saturated carbocycles. The van der Waals surface area contributed by atoms with Crippen LogP contribution in [0.25, 0.3) is 22.2 Å². The number of fused-ring (bicyclic) bond motifs is 1. The standard InChI is InChI=1S/C25H22FN5O2/c1-31-13-16(14-31)15-33-25-12-27-11-22(30-25)18-2-3-19-10-28-24(29-21(19)8-18)9-23(32)17-4-6-20(26)7-5-17/h2-8,10-12,16H,9,13-15H2,1H3. The highest BCUT2D eigenvalue weighted by molar-refractivity contribution is 5.97. The van der Waals surface area contributed by atoms with E-state index in [2.05, 4.69) is 31.9 Å². The number of likely N-dealkylation sites (tertiary alicyclic amines) is 1. The summed E-state index contributed by atoms with van der Waals surface area (Å²) in [5, 5.41) is 0.853. The molecule has 0 bridgehead atoms. The molecule has 1 saturated heterocycles. The lowest BCUT2D eigenvalue weighted by Crippen LogP contribution is -2.46. The highest BCUT2D eigenvalue weighted by atomic mass is 19.1. The molecule has 33 heavy (non-hydrogen) atoms. The van der Waals surface area contributed by atoms with Crippen LogP contribution >= 0.6 is 0 Å². The monoisotopic (exact) mass is 443 g/mol. The second kappa shape index (κ2) is 8.99. The van der Waals surface area contributed by atoms with Gasteiger partial charge in [0.15, 0.2) is 5.78 Å². The zero-order valence-corrected chi connectivity index (χ0v) is 18.1. The van der Waals surface area contributed by atoms with Crippen LogP contribution in [0.4, 0.5) is 4.39 Å². The first-order valence-corrected chi connectivity index (χ1v) is 10.7. The van der Waals surface area contributed by atoms with Crippen LogP contribution in [0, 0.1) is 11.7 Å². The third kappa shape index (κ3) is 4.85. The lowest BCUT2D eigenvalue weighted by Gasteiger charge is -2.35. The van der Waals surface area contributed by atoms with Crippen molar-refractivity contribution in [1.82, 2.24) is 24.8 Å². The molecule has 0 unspecified atom stereocenters. The molecule has 3 heterocycles. The zero-order chi connectivity index (χ0) is 22.8. The van der Waals surface area contributed by atoms with Gasteiger partial charge < -0.3 is 9.64 Å². The number of hydrogen-bond acceptors (Lipinski definition) is 7. The molecule has 1 fully saturated rings. The Labute approximate surface area is 190 Å². The first-order valence-electron chi connectivity index (χ1n) is 10.7. The Bertz CT molecular complexity index is 1310. The summed E-state index contributed by atoms with van der Waals surface area (Å²) >= 11 is 0. The number of carbonyl (C=O) groups excluding carboxylic acids is 1. The molecule has 2 aromatic heterocycles. The van der Waals surface area contributed by atoms with Gasteiger partial charge in [0.05, 0.1) is 36.6 Å². The number of rotatable bonds is 7. The van der Waals surface area contributed by atoms with Crippen LogP contribution in [0.3, 0.4) is 0 Å². The van der Waals surface area contributed by atoms with Crippen LogP contribution in [0.5, 0.6) is 5.88 Å². The minimum Gasteiger partial charge on any atom is -0.476 e. The van der Waals surface area contributed by atoms with E-state index >= 15 is 0 Å². The van der Waals surface area contributed by atoms with E-state index in [1.54, 1.807) is 18.6 Å². The van der Waals surface area contributed by atoms with E-state index in [1.165, 1.54) is 24.3 Å². The molecule has 4 aromatic rings. The smallest absolute Gasteiger partial charge is 0.232 e. The molecular weight excluding hydrogens is 421 g/mol. The molecular formula is C25H22FN5O2. The van der Waals surface area contributed by atoms with Crippen molar-refractivity contribution in [3.8, 4) is 17.1 Å². The topological polar surface area (TPSA) is 81.1 Å². The van der Waals surface area contributed by atoms with Gasteiger partial charge in [-0.2, -0.15) is 0 Å². The summed E-state index contributed by atoms with van der Waals surface area (Å²) in [6.07, 6.45) is 5.03. The first kappa shape index (κ1) is 21.1. The molecule has 0 radical (unpaired) electrons. The van der Waals surface area contributed by atoms with Gasteiger partial charge in [-0.25, -0.2) is 19.3 Å². The highest BCUT2D eigenvalue weighted by Crippen LogP contribution is 2.23. The van der Waals surface area contributed by atoms with Crippen molar-refractivity contribution >= 4 is 16.7 Å². The molecule has 5 rings (SSSR count). The summed E-state index contributed by atoms with van der Waals surface area (Å²) < 4.78 is 18.9. The van der Waals surface area contributed by atoms with Crippen LogP contribution in [-0.2, 0) is 6.42 Å². The van der Waals surface area contributed by atoms with E-state index in [0.717, 1.165) is 24.0 Å². The molecule has 0 spiro atoms. The summed E-state index contributed by atoms with van der Waals surface area (Å²) in [6.45, 7) is 2.69. The van der Waals surface area contributed by atoms with E-state index in [1.807, 2.05) is 18.2 Å². The number of nitrogens with zero attached hydrogens (tertiary/aromatic N) is 5. The fourth-order valence-electron chi connectivity index (χ4n) is 3.88. The van der Waals surface area contributed by atoms with Crippen molar-refractivity contribution in [3.05, 3.63) is 78.3 Å². The van der Waals surface area contributed by atoms with Gasteiger partial charge in [0, 0.05) is 41.7 Å². The van der Waals surface area contributed by atoms with Gasteiger partial charge in [0.1, 0.15) is 11.6 Å². The van der Waals surface area contributed by atoms with Crippen LogP contribution in [0.15, 0.2) is 61.1 Å². The van der Waals surface area contributed by atoms with E-state index in [9.17, 15) is 9.18 Å². The molecule has 2 aromatic carbocycles. The summed E-state index contributed by atoms with van der Waals surface area (Å²) in [5.41, 5.74) is 2.66. The quantitative estimate of drug-likeness (QED) is 0.404. The van der Waals surface area contributed by atoms with Crippen molar-refractivity contribution in [2.45, 2.75) is 6.42 Å². The molecule has 0 N–H and O–H groups in total. The number of benzene rings is 2. The number of ether oxygens (including phenoxy) is 1. The minimum atomic E-state index is -0.380. The summed E-state index contributed by atoms with van der Waals surface area (Å²) in [6, 6.07) is 11.2. The number of halogens is 1. The van der Waals surface area contributed by atoms with E-state index < -0.39 is 0 Å². The summed E-state index contributed by atoms with van der Waals surface area (Å²) in [4.78, 5) is 32.5. The Morgan fingerprint density at radius 1 is 1.09 bits per heavy atom. The fourth-order valence-corrected chi connectivity index (χ4v) is 3.88. The van der Waals surface area contributed by atoms with Crippen LogP contribution in [-0.4, -0.2) is 57.4 Å². The lowest BCUT2D eigenvalue weighted by molar-refractivity contribution is 0.0837. The Morgan fingerprint density at radius 2 is 1.91 bits per heavy atom. The maximum atomic E-state index is 13.1. The summed E-state index contributed by atoms with van der Waals surface area (Å²) in [7, 11) is 2.09. The lowest BCUT2D eigenvalue weighted by atomic mass is 10.0. The second-order valence-corrected chi connectivity index (χ2v) is 8.31. The van der Waals surface area contributed by atoms with Crippen LogP contribution in [0.2, 0.25) is 0 Å². The number of hydrogen-bond donors (Lipinski definition) is 0. The molecule has 0 aliphatic carbocycles. The Morgan fingerprint density at radius 3 is 2.70 bits per heavy atom. The SMILES string of the molecule is CN1CC(COc2cncc(-c3ccc4cnc(CC(=O)c5ccc(F)cc5)nc4c3)n2)C1. The molecule has 1 aliphatic heterocycles. The second-order valence-electron chi connectivity index (χ2n) is 8.31. The Balaban J connectivity index is 1.34. The van der Waals surface area contributed by atoms with E-state index in [-0.39, 0.29) is 18.0 Å².